The molecule has 1 aliphatic heterocycles. The van der Waals surface area contributed by atoms with Crippen LogP contribution in [0.2, 0.25) is 0 Å². The zero-order valence-corrected chi connectivity index (χ0v) is 12.1. The predicted molar refractivity (Wildman–Crippen MR) is 79.2 cm³/mol. The fraction of sp³-hybridized carbons (Fsp3) is 0.625. The van der Waals surface area contributed by atoms with Gasteiger partial charge in [-0.2, -0.15) is 0 Å². The summed E-state index contributed by atoms with van der Waals surface area (Å²) in [5.41, 5.74) is 1.28. The highest BCUT2D eigenvalue weighted by atomic mass is 16.5. The zero-order valence-electron chi connectivity index (χ0n) is 12.1. The summed E-state index contributed by atoms with van der Waals surface area (Å²) in [5.74, 6) is 1.56. The standard InChI is InChI=1S/C16H24N2O2/c1-20-15-11-13(5-6-14(15)19)16(12-3-2-4-12)18-9-7-17-8-10-18/h5-6,11-12,16-17,19H,2-4,7-10H2,1H3/t16-/m1/s1. The third kappa shape index (κ3) is 2.63. The fourth-order valence-electron chi connectivity index (χ4n) is 3.38. The number of benzene rings is 1. The van der Waals surface area contributed by atoms with Gasteiger partial charge in [-0.15, -0.1) is 0 Å². The number of hydrogen-bond donors (Lipinski definition) is 2. The van der Waals surface area contributed by atoms with Crippen LogP contribution in [-0.4, -0.2) is 43.3 Å². The van der Waals surface area contributed by atoms with Gasteiger partial charge in [-0.1, -0.05) is 12.5 Å². The van der Waals surface area contributed by atoms with Crippen molar-refractivity contribution >= 4 is 0 Å². The lowest BCUT2D eigenvalue weighted by Crippen LogP contribution is -2.47. The number of nitrogens with zero attached hydrogens (tertiary/aromatic N) is 1. The van der Waals surface area contributed by atoms with Crippen molar-refractivity contribution in [1.82, 2.24) is 10.2 Å². The normalized spacial score (nSPS) is 22.2. The Labute approximate surface area is 120 Å². The first-order chi connectivity index (χ1) is 9.79. The van der Waals surface area contributed by atoms with Crippen LogP contribution in [0.25, 0.3) is 0 Å². The molecule has 4 nitrogen and oxygen atoms in total. The Morgan fingerprint density at radius 3 is 2.65 bits per heavy atom. The highest BCUT2D eigenvalue weighted by molar-refractivity contribution is 5.43. The largest absolute Gasteiger partial charge is 0.504 e. The lowest BCUT2D eigenvalue weighted by Gasteiger charge is -2.43. The summed E-state index contributed by atoms with van der Waals surface area (Å²) in [6, 6.07) is 6.31. The first-order valence-corrected chi connectivity index (χ1v) is 7.61. The first kappa shape index (κ1) is 13.7. The van der Waals surface area contributed by atoms with Crippen LogP contribution < -0.4 is 10.1 Å². The van der Waals surface area contributed by atoms with Gasteiger partial charge in [0.1, 0.15) is 0 Å². The highest BCUT2D eigenvalue weighted by Crippen LogP contribution is 2.43. The topological polar surface area (TPSA) is 44.7 Å². The molecule has 0 radical (unpaired) electrons. The van der Waals surface area contributed by atoms with E-state index in [2.05, 4.69) is 16.3 Å². The Hall–Kier alpha value is -1.26. The van der Waals surface area contributed by atoms with Gasteiger partial charge < -0.3 is 15.2 Å². The smallest absolute Gasteiger partial charge is 0.160 e. The molecule has 1 aromatic rings. The van der Waals surface area contributed by atoms with Crippen molar-refractivity contribution in [1.29, 1.82) is 0 Å². The minimum Gasteiger partial charge on any atom is -0.504 e. The van der Waals surface area contributed by atoms with Crippen molar-refractivity contribution in [3.8, 4) is 11.5 Å². The SMILES string of the molecule is COc1cc([C@@H](C2CCC2)N2CCNCC2)ccc1O. The number of ether oxygens (including phenoxy) is 1. The van der Waals surface area contributed by atoms with Crippen molar-refractivity contribution in [2.24, 2.45) is 5.92 Å². The van der Waals surface area contributed by atoms with Crippen molar-refractivity contribution in [2.45, 2.75) is 25.3 Å². The maximum absolute atomic E-state index is 9.79. The summed E-state index contributed by atoms with van der Waals surface area (Å²) >= 11 is 0. The molecular weight excluding hydrogens is 252 g/mol. The van der Waals surface area contributed by atoms with Crippen LogP contribution in [0.3, 0.4) is 0 Å². The summed E-state index contributed by atoms with van der Waals surface area (Å²) in [6.07, 6.45) is 3.98. The third-order valence-corrected chi connectivity index (χ3v) is 4.69. The minimum absolute atomic E-state index is 0.226. The third-order valence-electron chi connectivity index (χ3n) is 4.69. The van der Waals surface area contributed by atoms with E-state index in [0.717, 1.165) is 32.1 Å². The van der Waals surface area contributed by atoms with E-state index >= 15 is 0 Å². The number of nitrogens with one attached hydrogen (secondary N) is 1. The van der Waals surface area contributed by atoms with Crippen LogP contribution in [0, 0.1) is 5.92 Å². The molecular formula is C16H24N2O2. The van der Waals surface area contributed by atoms with Crippen molar-refractivity contribution < 1.29 is 9.84 Å². The molecule has 1 aliphatic carbocycles. The van der Waals surface area contributed by atoms with Crippen molar-refractivity contribution in [3.05, 3.63) is 23.8 Å². The highest BCUT2D eigenvalue weighted by Gasteiger charge is 2.33. The fourth-order valence-corrected chi connectivity index (χ4v) is 3.38. The van der Waals surface area contributed by atoms with Crippen LogP contribution in [0.15, 0.2) is 18.2 Å². The lowest BCUT2D eigenvalue weighted by atomic mass is 9.76. The van der Waals surface area contributed by atoms with E-state index < -0.39 is 0 Å². The van der Waals surface area contributed by atoms with E-state index in [9.17, 15) is 5.11 Å². The number of phenolic OH excluding ortho intramolecular Hbond substituents is 1. The average Bonchev–Trinajstić information content (AvgIpc) is 2.44. The second-order valence-electron chi connectivity index (χ2n) is 5.85. The molecule has 0 bridgehead atoms. The van der Waals surface area contributed by atoms with Gasteiger partial charge in [-0.3, -0.25) is 4.90 Å². The maximum atomic E-state index is 9.79. The monoisotopic (exact) mass is 276 g/mol. The summed E-state index contributed by atoms with van der Waals surface area (Å²) in [5, 5.41) is 13.2. The number of aromatic hydroxyl groups is 1. The Bertz CT molecular complexity index is 454. The molecule has 1 saturated heterocycles. The van der Waals surface area contributed by atoms with Gasteiger partial charge in [-0.25, -0.2) is 0 Å². The van der Waals surface area contributed by atoms with Gasteiger partial charge in [0.2, 0.25) is 0 Å². The van der Waals surface area contributed by atoms with Crippen LogP contribution in [-0.2, 0) is 0 Å². The molecule has 0 unspecified atom stereocenters. The summed E-state index contributed by atoms with van der Waals surface area (Å²) < 4.78 is 5.27. The quantitative estimate of drug-likeness (QED) is 0.884. The first-order valence-electron chi connectivity index (χ1n) is 7.61. The van der Waals surface area contributed by atoms with E-state index in [1.165, 1.54) is 24.8 Å². The van der Waals surface area contributed by atoms with Gasteiger partial charge in [0.15, 0.2) is 11.5 Å². The summed E-state index contributed by atoms with van der Waals surface area (Å²) in [4.78, 5) is 2.59. The molecule has 0 amide bonds. The maximum Gasteiger partial charge on any atom is 0.160 e. The molecule has 4 heteroatoms. The van der Waals surface area contributed by atoms with Gasteiger partial charge >= 0.3 is 0 Å². The molecule has 0 aromatic heterocycles. The molecule has 110 valence electrons. The molecule has 1 atom stereocenters. The molecule has 2 fully saturated rings. The molecule has 1 saturated carbocycles. The van der Waals surface area contributed by atoms with E-state index in [4.69, 9.17) is 4.74 Å². The number of piperazine rings is 1. The van der Waals surface area contributed by atoms with Gasteiger partial charge in [-0.05, 0) is 36.5 Å². The van der Waals surface area contributed by atoms with Crippen LogP contribution in [0.1, 0.15) is 30.9 Å². The molecule has 3 rings (SSSR count). The second-order valence-corrected chi connectivity index (χ2v) is 5.85. The molecule has 2 N–H and O–H groups in total. The summed E-state index contributed by atoms with van der Waals surface area (Å²) in [7, 11) is 1.61. The Morgan fingerprint density at radius 2 is 2.05 bits per heavy atom. The van der Waals surface area contributed by atoms with E-state index in [0.29, 0.717) is 11.8 Å². The van der Waals surface area contributed by atoms with Crippen molar-refractivity contribution in [3.63, 3.8) is 0 Å². The minimum atomic E-state index is 0.226. The van der Waals surface area contributed by atoms with Gasteiger partial charge in [0.25, 0.3) is 0 Å². The number of methoxy groups -OCH3 is 1. The molecule has 0 spiro atoms. The number of rotatable bonds is 4. The van der Waals surface area contributed by atoms with E-state index in [1.54, 1.807) is 13.2 Å². The second kappa shape index (κ2) is 6.02. The number of phenols is 1. The Morgan fingerprint density at radius 1 is 1.30 bits per heavy atom. The molecule has 20 heavy (non-hydrogen) atoms. The van der Waals surface area contributed by atoms with Crippen LogP contribution in [0.4, 0.5) is 0 Å². The molecule has 2 aliphatic rings. The van der Waals surface area contributed by atoms with Gasteiger partial charge in [0.05, 0.1) is 7.11 Å². The summed E-state index contributed by atoms with van der Waals surface area (Å²) in [6.45, 7) is 4.34. The van der Waals surface area contributed by atoms with Crippen molar-refractivity contribution in [2.75, 3.05) is 33.3 Å². The predicted octanol–water partition coefficient (Wildman–Crippen LogP) is 2.15. The Kier molecular flexibility index (Phi) is 4.13. The lowest BCUT2D eigenvalue weighted by molar-refractivity contribution is 0.0835. The average molecular weight is 276 g/mol. The Balaban J connectivity index is 1.87. The zero-order chi connectivity index (χ0) is 13.9. The van der Waals surface area contributed by atoms with E-state index in [1.807, 2.05) is 6.07 Å². The van der Waals surface area contributed by atoms with Gasteiger partial charge in [0, 0.05) is 32.2 Å². The number of hydrogen-bond acceptors (Lipinski definition) is 4. The van der Waals surface area contributed by atoms with E-state index in [-0.39, 0.29) is 5.75 Å². The molecule has 1 aromatic carbocycles. The van der Waals surface area contributed by atoms with Crippen LogP contribution in [0.5, 0.6) is 11.5 Å². The van der Waals surface area contributed by atoms with Crippen LogP contribution >= 0.6 is 0 Å². The molecule has 1 heterocycles.